The molecule has 0 aromatic carbocycles. The van der Waals surface area contributed by atoms with Crippen LogP contribution < -0.4 is 5.32 Å². The van der Waals surface area contributed by atoms with Crippen molar-refractivity contribution >= 4 is 11.8 Å². The average molecular weight is 247 g/mol. The summed E-state index contributed by atoms with van der Waals surface area (Å²) < 4.78 is 0. The van der Waals surface area contributed by atoms with Crippen LogP contribution in [0.1, 0.15) is 40.5 Å². The molecule has 0 radical (unpaired) electrons. The van der Waals surface area contributed by atoms with Crippen molar-refractivity contribution in [2.75, 3.05) is 24.7 Å². The van der Waals surface area contributed by atoms with Gasteiger partial charge in [0.1, 0.15) is 0 Å². The maximum absolute atomic E-state index is 8.97. The maximum Gasteiger partial charge on any atom is 0.0464 e. The van der Waals surface area contributed by atoms with E-state index in [9.17, 15) is 0 Å². The Kier molecular flexibility index (Phi) is 10.6. The molecule has 3 unspecified atom stereocenters. The Labute approximate surface area is 106 Å². The van der Waals surface area contributed by atoms with Gasteiger partial charge in [0.15, 0.2) is 0 Å². The normalized spacial score (nSPS) is 17.1. The van der Waals surface area contributed by atoms with Crippen molar-refractivity contribution in [1.82, 2.24) is 5.32 Å². The quantitative estimate of drug-likeness (QED) is 0.622. The zero-order chi connectivity index (χ0) is 12.4. The molecule has 98 valence electrons. The zero-order valence-corrected chi connectivity index (χ0v) is 12.1. The Balaban J connectivity index is 3.82. The third-order valence-corrected chi connectivity index (χ3v) is 4.40. The Morgan fingerprint density at radius 3 is 2.38 bits per heavy atom. The van der Waals surface area contributed by atoms with E-state index in [0.29, 0.717) is 18.6 Å². The van der Waals surface area contributed by atoms with Crippen LogP contribution in [0.4, 0.5) is 0 Å². The molecule has 0 aromatic rings. The van der Waals surface area contributed by atoms with Crippen LogP contribution in [0, 0.1) is 11.8 Å². The van der Waals surface area contributed by atoms with Crippen molar-refractivity contribution in [3.63, 3.8) is 0 Å². The molecule has 0 saturated heterocycles. The predicted octanol–water partition coefficient (Wildman–Crippen LogP) is 2.76. The third kappa shape index (κ3) is 7.53. The van der Waals surface area contributed by atoms with Crippen LogP contribution in [0.25, 0.3) is 0 Å². The van der Waals surface area contributed by atoms with Crippen LogP contribution in [0.3, 0.4) is 0 Å². The number of nitrogens with one attached hydrogen (secondary N) is 1. The molecule has 2 nitrogen and oxygen atoms in total. The lowest BCUT2D eigenvalue weighted by molar-refractivity contribution is 0.250. The first-order valence-corrected chi connectivity index (χ1v) is 7.73. The van der Waals surface area contributed by atoms with Crippen LogP contribution in [-0.4, -0.2) is 35.8 Å². The lowest BCUT2D eigenvalue weighted by Crippen LogP contribution is -2.37. The van der Waals surface area contributed by atoms with Gasteiger partial charge in [0, 0.05) is 18.4 Å². The summed E-state index contributed by atoms with van der Waals surface area (Å²) in [7, 11) is 0. The number of thioether (sulfide) groups is 1. The number of rotatable bonds is 10. The van der Waals surface area contributed by atoms with Crippen LogP contribution >= 0.6 is 11.8 Å². The minimum atomic E-state index is 0.309. The molecule has 0 bridgehead atoms. The largest absolute Gasteiger partial charge is 0.396 e. The molecule has 0 amide bonds. The Morgan fingerprint density at radius 2 is 1.88 bits per heavy atom. The average Bonchev–Trinajstić information content (AvgIpc) is 2.32. The van der Waals surface area contributed by atoms with E-state index in [0.717, 1.165) is 18.2 Å². The van der Waals surface area contributed by atoms with E-state index in [-0.39, 0.29) is 0 Å². The molecule has 16 heavy (non-hydrogen) atoms. The van der Waals surface area contributed by atoms with Crippen molar-refractivity contribution in [3.05, 3.63) is 0 Å². The molecule has 0 saturated carbocycles. The molecule has 0 heterocycles. The summed E-state index contributed by atoms with van der Waals surface area (Å²) in [4.78, 5) is 0. The lowest BCUT2D eigenvalue weighted by atomic mass is 10.0. The first-order valence-electron chi connectivity index (χ1n) is 6.57. The molecule has 0 aromatic heterocycles. The topological polar surface area (TPSA) is 32.3 Å². The fourth-order valence-electron chi connectivity index (χ4n) is 1.49. The first kappa shape index (κ1) is 16.3. The highest BCUT2D eigenvalue weighted by Crippen LogP contribution is 2.15. The van der Waals surface area contributed by atoms with Crippen molar-refractivity contribution in [3.8, 4) is 0 Å². The molecule has 3 heteroatoms. The summed E-state index contributed by atoms with van der Waals surface area (Å²) >= 11 is 1.97. The molecule has 0 rings (SSSR count). The van der Waals surface area contributed by atoms with Crippen molar-refractivity contribution in [1.29, 1.82) is 0 Å². The van der Waals surface area contributed by atoms with Gasteiger partial charge in [0.05, 0.1) is 0 Å². The van der Waals surface area contributed by atoms with Crippen LogP contribution in [0.15, 0.2) is 0 Å². The van der Waals surface area contributed by atoms with E-state index in [1.54, 1.807) is 0 Å². The lowest BCUT2D eigenvalue weighted by Gasteiger charge is -2.24. The van der Waals surface area contributed by atoms with E-state index >= 15 is 0 Å². The number of hydrogen-bond acceptors (Lipinski definition) is 3. The van der Waals surface area contributed by atoms with E-state index in [1.807, 2.05) is 11.8 Å². The predicted molar refractivity (Wildman–Crippen MR) is 75.1 cm³/mol. The van der Waals surface area contributed by atoms with Crippen LogP contribution in [0.5, 0.6) is 0 Å². The Bertz CT molecular complexity index is 155. The second-order valence-electron chi connectivity index (χ2n) is 4.77. The van der Waals surface area contributed by atoms with Gasteiger partial charge in [0.25, 0.3) is 0 Å². The highest BCUT2D eigenvalue weighted by molar-refractivity contribution is 7.99. The molecule has 0 aliphatic heterocycles. The monoisotopic (exact) mass is 247 g/mol. The van der Waals surface area contributed by atoms with Crippen LogP contribution in [0.2, 0.25) is 0 Å². The van der Waals surface area contributed by atoms with Gasteiger partial charge in [-0.05, 0) is 30.6 Å². The molecule has 0 aliphatic rings. The van der Waals surface area contributed by atoms with Gasteiger partial charge >= 0.3 is 0 Å². The Morgan fingerprint density at radius 1 is 1.19 bits per heavy atom. The summed E-state index contributed by atoms with van der Waals surface area (Å²) in [6, 6.07) is 0.626. The molecular formula is C13H29NOS. The van der Waals surface area contributed by atoms with E-state index < -0.39 is 0 Å². The maximum atomic E-state index is 8.97. The minimum absolute atomic E-state index is 0.309. The van der Waals surface area contributed by atoms with Gasteiger partial charge in [-0.25, -0.2) is 0 Å². The second kappa shape index (κ2) is 10.4. The zero-order valence-electron chi connectivity index (χ0n) is 11.3. The second-order valence-corrected chi connectivity index (χ2v) is 5.85. The van der Waals surface area contributed by atoms with E-state index in [2.05, 4.69) is 33.0 Å². The van der Waals surface area contributed by atoms with Gasteiger partial charge in [-0.15, -0.1) is 0 Å². The number of hydrogen-bond donors (Lipinski definition) is 2. The summed E-state index contributed by atoms with van der Waals surface area (Å²) in [5.41, 5.74) is 0. The van der Waals surface area contributed by atoms with Crippen LogP contribution in [-0.2, 0) is 0 Å². The summed E-state index contributed by atoms with van der Waals surface area (Å²) in [6.07, 6.45) is 2.43. The first-order chi connectivity index (χ1) is 7.65. The van der Waals surface area contributed by atoms with Gasteiger partial charge in [-0.2, -0.15) is 11.8 Å². The number of aliphatic hydroxyl groups excluding tert-OH is 1. The van der Waals surface area contributed by atoms with Crippen molar-refractivity contribution < 1.29 is 5.11 Å². The summed E-state index contributed by atoms with van der Waals surface area (Å²) in [5, 5.41) is 12.6. The van der Waals surface area contributed by atoms with Crippen molar-refractivity contribution in [2.24, 2.45) is 11.8 Å². The summed E-state index contributed by atoms with van der Waals surface area (Å²) in [5.74, 6) is 3.40. The van der Waals surface area contributed by atoms with Gasteiger partial charge in [-0.1, -0.05) is 34.1 Å². The fourth-order valence-corrected chi connectivity index (χ4v) is 2.83. The summed E-state index contributed by atoms with van der Waals surface area (Å²) in [6.45, 7) is 10.3. The van der Waals surface area contributed by atoms with Gasteiger partial charge < -0.3 is 10.4 Å². The highest BCUT2D eigenvalue weighted by Gasteiger charge is 2.15. The highest BCUT2D eigenvalue weighted by atomic mass is 32.2. The molecule has 2 N–H and O–H groups in total. The molecular weight excluding hydrogens is 218 g/mol. The smallest absolute Gasteiger partial charge is 0.0464 e. The molecule has 0 aliphatic carbocycles. The molecule has 3 atom stereocenters. The number of aliphatic hydroxyl groups is 1. The van der Waals surface area contributed by atoms with Gasteiger partial charge in [-0.3, -0.25) is 0 Å². The van der Waals surface area contributed by atoms with Gasteiger partial charge in [0.2, 0.25) is 0 Å². The SMILES string of the molecule is CCCNC(CSCC(C)CO)C(C)CC. The minimum Gasteiger partial charge on any atom is -0.396 e. The van der Waals surface area contributed by atoms with E-state index in [4.69, 9.17) is 5.11 Å². The van der Waals surface area contributed by atoms with E-state index in [1.165, 1.54) is 18.6 Å². The molecule has 0 spiro atoms. The van der Waals surface area contributed by atoms with Crippen molar-refractivity contribution in [2.45, 2.75) is 46.6 Å². The standard InChI is InChI=1S/C13H29NOS/c1-5-7-14-13(12(4)6-2)10-16-9-11(3)8-15/h11-15H,5-10H2,1-4H3. The fraction of sp³-hybridized carbons (Fsp3) is 1.00. The third-order valence-electron chi connectivity index (χ3n) is 3.00. The Hall–Kier alpha value is 0.270. The molecule has 0 fully saturated rings.